The van der Waals surface area contributed by atoms with Crippen LogP contribution in [0.1, 0.15) is 0 Å². The zero-order valence-electron chi connectivity index (χ0n) is 9.31. The predicted octanol–water partition coefficient (Wildman–Crippen LogP) is 4.19. The van der Waals surface area contributed by atoms with Gasteiger partial charge < -0.3 is 10.5 Å². The number of nitrogen functional groups attached to an aromatic ring is 1. The van der Waals surface area contributed by atoms with E-state index in [1.165, 1.54) is 0 Å². The first-order chi connectivity index (χ1) is 8.19. The molecule has 0 saturated heterocycles. The number of benzene rings is 2. The van der Waals surface area contributed by atoms with Crippen molar-refractivity contribution in [2.45, 2.75) is 9.79 Å². The molecule has 0 saturated carbocycles. The molecule has 88 valence electrons. The van der Waals surface area contributed by atoms with Gasteiger partial charge in [-0.2, -0.15) is 0 Å². The molecule has 2 N–H and O–H groups in total. The summed E-state index contributed by atoms with van der Waals surface area (Å²) in [6, 6.07) is 13.8. The molecule has 2 rings (SSSR count). The van der Waals surface area contributed by atoms with Gasteiger partial charge in [0.15, 0.2) is 0 Å². The zero-order chi connectivity index (χ0) is 12.3. The Bertz CT molecular complexity index is 531. The van der Waals surface area contributed by atoms with Gasteiger partial charge in [0.25, 0.3) is 0 Å². The van der Waals surface area contributed by atoms with Gasteiger partial charge in [-0.15, -0.1) is 0 Å². The molecular weight excluding hydrogens is 298 g/mol. The highest BCUT2D eigenvalue weighted by Gasteiger charge is 2.03. The smallest absolute Gasteiger partial charge is 0.120 e. The van der Waals surface area contributed by atoms with Gasteiger partial charge in [-0.3, -0.25) is 0 Å². The Labute approximate surface area is 113 Å². The van der Waals surface area contributed by atoms with Crippen molar-refractivity contribution in [2.24, 2.45) is 0 Å². The molecule has 0 radical (unpaired) electrons. The number of hydrogen-bond donors (Lipinski definition) is 1. The Morgan fingerprint density at radius 3 is 2.65 bits per heavy atom. The molecule has 4 heteroatoms. The van der Waals surface area contributed by atoms with Crippen LogP contribution >= 0.6 is 27.7 Å². The van der Waals surface area contributed by atoms with E-state index in [0.717, 1.165) is 25.7 Å². The summed E-state index contributed by atoms with van der Waals surface area (Å²) >= 11 is 5.09. The molecule has 0 unspecified atom stereocenters. The molecule has 0 aliphatic rings. The fraction of sp³-hybridized carbons (Fsp3) is 0.0769. The van der Waals surface area contributed by atoms with E-state index >= 15 is 0 Å². The highest BCUT2D eigenvalue weighted by molar-refractivity contribution is 9.10. The standard InChI is InChI=1S/C13H12BrNOS/c1-16-10-5-6-13(12(15)8-10)17-11-4-2-3-9(14)7-11/h2-8H,15H2,1H3. The Kier molecular flexibility index (Phi) is 3.97. The van der Waals surface area contributed by atoms with Crippen LogP contribution in [0.2, 0.25) is 0 Å². The lowest BCUT2D eigenvalue weighted by Gasteiger charge is -2.07. The normalized spacial score (nSPS) is 10.2. The molecule has 2 aromatic rings. The Morgan fingerprint density at radius 2 is 2.00 bits per heavy atom. The van der Waals surface area contributed by atoms with Gasteiger partial charge in [0.1, 0.15) is 5.75 Å². The van der Waals surface area contributed by atoms with Gasteiger partial charge in [0.2, 0.25) is 0 Å². The van der Waals surface area contributed by atoms with Crippen LogP contribution in [0.5, 0.6) is 5.75 Å². The van der Waals surface area contributed by atoms with E-state index in [1.807, 2.05) is 30.3 Å². The van der Waals surface area contributed by atoms with Crippen molar-refractivity contribution in [1.82, 2.24) is 0 Å². The van der Waals surface area contributed by atoms with E-state index in [9.17, 15) is 0 Å². The molecular formula is C13H12BrNOS. The number of ether oxygens (including phenoxy) is 1. The number of hydrogen-bond acceptors (Lipinski definition) is 3. The summed E-state index contributed by atoms with van der Waals surface area (Å²) in [5.41, 5.74) is 6.70. The quantitative estimate of drug-likeness (QED) is 0.863. The lowest BCUT2D eigenvalue weighted by molar-refractivity contribution is 0.415. The first-order valence-electron chi connectivity index (χ1n) is 5.06. The summed E-state index contributed by atoms with van der Waals surface area (Å²) < 4.78 is 6.19. The van der Waals surface area contributed by atoms with Crippen molar-refractivity contribution in [3.8, 4) is 5.75 Å². The maximum Gasteiger partial charge on any atom is 0.120 e. The SMILES string of the molecule is COc1ccc(Sc2cccc(Br)c2)c(N)c1. The van der Waals surface area contributed by atoms with Gasteiger partial charge >= 0.3 is 0 Å². The maximum atomic E-state index is 5.97. The highest BCUT2D eigenvalue weighted by Crippen LogP contribution is 2.34. The third kappa shape index (κ3) is 3.17. The molecule has 0 aromatic heterocycles. The minimum Gasteiger partial charge on any atom is -0.497 e. The second-order valence-electron chi connectivity index (χ2n) is 3.46. The van der Waals surface area contributed by atoms with Crippen molar-refractivity contribution >= 4 is 33.4 Å². The van der Waals surface area contributed by atoms with Gasteiger partial charge in [-0.1, -0.05) is 33.8 Å². The predicted molar refractivity (Wildman–Crippen MR) is 75.7 cm³/mol. The average molecular weight is 310 g/mol. The Morgan fingerprint density at radius 1 is 1.18 bits per heavy atom. The average Bonchev–Trinajstić information content (AvgIpc) is 2.32. The van der Waals surface area contributed by atoms with Crippen LogP contribution in [0.3, 0.4) is 0 Å². The van der Waals surface area contributed by atoms with Crippen LogP contribution in [0, 0.1) is 0 Å². The van der Waals surface area contributed by atoms with Crippen LogP contribution in [0.15, 0.2) is 56.7 Å². The van der Waals surface area contributed by atoms with Crippen molar-refractivity contribution in [1.29, 1.82) is 0 Å². The summed E-state index contributed by atoms with van der Waals surface area (Å²) in [6.45, 7) is 0. The van der Waals surface area contributed by atoms with E-state index in [0.29, 0.717) is 0 Å². The fourth-order valence-corrected chi connectivity index (χ4v) is 2.85. The minimum atomic E-state index is 0.731. The summed E-state index contributed by atoms with van der Waals surface area (Å²) in [7, 11) is 1.63. The van der Waals surface area contributed by atoms with Crippen molar-refractivity contribution in [3.05, 3.63) is 46.9 Å². The number of nitrogens with two attached hydrogens (primary N) is 1. The van der Waals surface area contributed by atoms with Crippen molar-refractivity contribution in [2.75, 3.05) is 12.8 Å². The highest BCUT2D eigenvalue weighted by atomic mass is 79.9. The van der Waals surface area contributed by atoms with Gasteiger partial charge in [-0.05, 0) is 30.3 Å². The van der Waals surface area contributed by atoms with Crippen LogP contribution in [0.4, 0.5) is 5.69 Å². The molecule has 0 aliphatic carbocycles. The van der Waals surface area contributed by atoms with Crippen LogP contribution < -0.4 is 10.5 Å². The molecule has 2 aromatic carbocycles. The first-order valence-corrected chi connectivity index (χ1v) is 6.67. The molecule has 0 aliphatic heterocycles. The van der Waals surface area contributed by atoms with E-state index in [2.05, 4.69) is 28.1 Å². The van der Waals surface area contributed by atoms with E-state index < -0.39 is 0 Å². The molecule has 0 fully saturated rings. The number of halogens is 1. The van der Waals surface area contributed by atoms with Gasteiger partial charge in [0.05, 0.1) is 7.11 Å². The van der Waals surface area contributed by atoms with E-state index in [-0.39, 0.29) is 0 Å². The minimum absolute atomic E-state index is 0.731. The molecule has 0 atom stereocenters. The van der Waals surface area contributed by atoms with E-state index in [4.69, 9.17) is 10.5 Å². The summed E-state index contributed by atoms with van der Waals surface area (Å²) in [4.78, 5) is 2.18. The third-order valence-corrected chi connectivity index (χ3v) is 3.82. The second kappa shape index (κ2) is 5.47. The molecule has 0 amide bonds. The van der Waals surface area contributed by atoms with Gasteiger partial charge in [-0.25, -0.2) is 0 Å². The number of methoxy groups -OCH3 is 1. The monoisotopic (exact) mass is 309 g/mol. The molecule has 17 heavy (non-hydrogen) atoms. The van der Waals surface area contributed by atoms with Crippen LogP contribution in [-0.4, -0.2) is 7.11 Å². The summed E-state index contributed by atoms with van der Waals surface area (Å²) in [6.07, 6.45) is 0. The fourth-order valence-electron chi connectivity index (χ4n) is 1.40. The molecule has 2 nitrogen and oxygen atoms in total. The number of rotatable bonds is 3. The first kappa shape index (κ1) is 12.3. The van der Waals surface area contributed by atoms with Crippen LogP contribution in [0.25, 0.3) is 0 Å². The summed E-state index contributed by atoms with van der Waals surface area (Å²) in [5, 5.41) is 0. The Hall–Kier alpha value is -1.13. The van der Waals surface area contributed by atoms with Crippen molar-refractivity contribution < 1.29 is 4.74 Å². The van der Waals surface area contributed by atoms with Crippen molar-refractivity contribution in [3.63, 3.8) is 0 Å². The lowest BCUT2D eigenvalue weighted by Crippen LogP contribution is -1.90. The van der Waals surface area contributed by atoms with Gasteiger partial charge in [0, 0.05) is 26.0 Å². The topological polar surface area (TPSA) is 35.2 Å². The van der Waals surface area contributed by atoms with Crippen LogP contribution in [-0.2, 0) is 0 Å². The number of anilines is 1. The maximum absolute atomic E-state index is 5.97. The molecule has 0 heterocycles. The molecule has 0 spiro atoms. The largest absolute Gasteiger partial charge is 0.497 e. The third-order valence-electron chi connectivity index (χ3n) is 2.24. The lowest BCUT2D eigenvalue weighted by atomic mass is 10.3. The second-order valence-corrected chi connectivity index (χ2v) is 5.49. The zero-order valence-corrected chi connectivity index (χ0v) is 11.7. The molecule has 0 bridgehead atoms. The summed E-state index contributed by atoms with van der Waals surface area (Å²) in [5.74, 6) is 0.779. The Balaban J connectivity index is 2.24. The van der Waals surface area contributed by atoms with E-state index in [1.54, 1.807) is 18.9 Å².